The van der Waals surface area contributed by atoms with Gasteiger partial charge in [-0.1, -0.05) is 133 Å². The van der Waals surface area contributed by atoms with Gasteiger partial charge < -0.3 is 0 Å². The SMILES string of the molecule is c1ccc2c(c1)CCc1cc(-c3c4ccccc4c(-c4ccc5ccccc5c4)c4ccccc34)c3ccccc3c1-2. The lowest BCUT2D eigenvalue weighted by Gasteiger charge is -2.25. The first-order chi connectivity index (χ1) is 20.8. The van der Waals surface area contributed by atoms with Gasteiger partial charge in [0.15, 0.2) is 0 Å². The molecule has 9 rings (SSSR count). The minimum Gasteiger partial charge on any atom is -0.0620 e. The highest BCUT2D eigenvalue weighted by atomic mass is 14.3. The first-order valence-corrected chi connectivity index (χ1v) is 14.9. The summed E-state index contributed by atoms with van der Waals surface area (Å²) in [6, 6.07) is 54.1. The Morgan fingerprint density at radius 1 is 0.310 bits per heavy atom. The molecule has 8 aromatic carbocycles. The lowest BCUT2D eigenvalue weighted by atomic mass is 9.79. The van der Waals surface area contributed by atoms with Gasteiger partial charge in [0.25, 0.3) is 0 Å². The van der Waals surface area contributed by atoms with Crippen LogP contribution in [-0.4, -0.2) is 0 Å². The van der Waals surface area contributed by atoms with Gasteiger partial charge in [-0.15, -0.1) is 0 Å². The molecule has 0 fully saturated rings. The Hall–Kier alpha value is -5.20. The van der Waals surface area contributed by atoms with E-state index in [-0.39, 0.29) is 0 Å². The summed E-state index contributed by atoms with van der Waals surface area (Å²) in [5.41, 5.74) is 11.0. The standard InChI is InChI=1S/C42H28/c1-2-13-29-25-30(23-21-27(29)11-1)41-35-17-7-9-19-37(35)42(38-20-10-8-18-36(38)41)39-26-31-24-22-28-12-3-4-14-32(28)40(31)34-16-6-5-15-33(34)39/h1-21,23,25-26H,22,24H2. The van der Waals surface area contributed by atoms with Crippen LogP contribution in [0.1, 0.15) is 11.1 Å². The van der Waals surface area contributed by atoms with Gasteiger partial charge in [-0.25, -0.2) is 0 Å². The summed E-state index contributed by atoms with van der Waals surface area (Å²) in [4.78, 5) is 0. The number of rotatable bonds is 2. The molecule has 0 spiro atoms. The first-order valence-electron chi connectivity index (χ1n) is 14.9. The molecule has 0 atom stereocenters. The van der Waals surface area contributed by atoms with Gasteiger partial charge in [0.05, 0.1) is 0 Å². The third kappa shape index (κ3) is 3.42. The molecule has 0 unspecified atom stereocenters. The van der Waals surface area contributed by atoms with Crippen molar-refractivity contribution in [2.45, 2.75) is 12.8 Å². The summed E-state index contributed by atoms with van der Waals surface area (Å²) in [5.74, 6) is 0. The molecule has 1 aliphatic carbocycles. The van der Waals surface area contributed by atoms with Crippen molar-refractivity contribution in [3.8, 4) is 33.4 Å². The van der Waals surface area contributed by atoms with Gasteiger partial charge in [0, 0.05) is 0 Å². The normalized spacial score (nSPS) is 12.6. The van der Waals surface area contributed by atoms with E-state index >= 15 is 0 Å². The van der Waals surface area contributed by atoms with E-state index in [1.807, 2.05) is 0 Å². The molecular formula is C42H28. The molecule has 0 saturated carbocycles. The second-order valence-electron chi connectivity index (χ2n) is 11.6. The van der Waals surface area contributed by atoms with Gasteiger partial charge in [0.2, 0.25) is 0 Å². The summed E-state index contributed by atoms with van der Waals surface area (Å²) in [5, 5.41) is 10.4. The van der Waals surface area contributed by atoms with E-state index in [1.54, 1.807) is 0 Å². The fourth-order valence-corrected chi connectivity index (χ4v) is 7.48. The number of hydrogen-bond acceptors (Lipinski definition) is 0. The second-order valence-corrected chi connectivity index (χ2v) is 11.6. The fourth-order valence-electron chi connectivity index (χ4n) is 7.48. The molecule has 0 amide bonds. The van der Waals surface area contributed by atoms with Crippen LogP contribution in [0.15, 0.2) is 146 Å². The minimum atomic E-state index is 1.06. The number of benzene rings is 8. The van der Waals surface area contributed by atoms with E-state index in [4.69, 9.17) is 0 Å². The van der Waals surface area contributed by atoms with E-state index in [1.165, 1.54) is 87.6 Å². The Morgan fingerprint density at radius 2 is 0.833 bits per heavy atom. The summed E-state index contributed by atoms with van der Waals surface area (Å²) >= 11 is 0. The average molecular weight is 533 g/mol. The Kier molecular flexibility index (Phi) is 5.12. The minimum absolute atomic E-state index is 1.06. The van der Waals surface area contributed by atoms with Gasteiger partial charge in [-0.2, -0.15) is 0 Å². The van der Waals surface area contributed by atoms with Crippen molar-refractivity contribution < 1.29 is 0 Å². The van der Waals surface area contributed by atoms with Crippen molar-refractivity contribution in [2.24, 2.45) is 0 Å². The van der Waals surface area contributed by atoms with E-state index in [0.717, 1.165) is 12.8 Å². The third-order valence-electron chi connectivity index (χ3n) is 9.32. The van der Waals surface area contributed by atoms with Gasteiger partial charge in [-0.3, -0.25) is 0 Å². The van der Waals surface area contributed by atoms with Crippen LogP contribution in [0.4, 0.5) is 0 Å². The number of hydrogen-bond donors (Lipinski definition) is 0. The maximum absolute atomic E-state index is 2.51. The van der Waals surface area contributed by atoms with E-state index in [9.17, 15) is 0 Å². The molecule has 0 radical (unpaired) electrons. The Balaban J connectivity index is 1.41. The molecule has 0 nitrogen and oxygen atoms in total. The average Bonchev–Trinajstić information content (AvgIpc) is 3.06. The van der Waals surface area contributed by atoms with Crippen LogP contribution in [0.2, 0.25) is 0 Å². The first kappa shape index (κ1) is 23.5. The van der Waals surface area contributed by atoms with E-state index < -0.39 is 0 Å². The van der Waals surface area contributed by atoms with E-state index in [0.29, 0.717) is 0 Å². The Bertz CT molecular complexity index is 2300. The monoisotopic (exact) mass is 532 g/mol. The molecule has 8 aromatic rings. The zero-order chi connectivity index (χ0) is 27.6. The smallest absolute Gasteiger partial charge is 0.00200 e. The van der Waals surface area contributed by atoms with Crippen LogP contribution in [-0.2, 0) is 12.8 Å². The molecule has 1 aliphatic rings. The maximum Gasteiger partial charge on any atom is -0.00200 e. The third-order valence-corrected chi connectivity index (χ3v) is 9.32. The van der Waals surface area contributed by atoms with Crippen molar-refractivity contribution in [1.82, 2.24) is 0 Å². The highest BCUT2D eigenvalue weighted by Gasteiger charge is 2.23. The Morgan fingerprint density at radius 3 is 1.55 bits per heavy atom. The summed E-state index contributed by atoms with van der Waals surface area (Å²) in [7, 11) is 0. The molecule has 0 aromatic heterocycles. The number of fused-ring (bicyclic) bond motifs is 8. The maximum atomic E-state index is 2.51. The van der Waals surface area contributed by atoms with Crippen LogP contribution < -0.4 is 0 Å². The van der Waals surface area contributed by atoms with Gasteiger partial charge >= 0.3 is 0 Å². The van der Waals surface area contributed by atoms with Crippen LogP contribution in [0.3, 0.4) is 0 Å². The molecule has 0 bridgehead atoms. The highest BCUT2D eigenvalue weighted by molar-refractivity contribution is 6.24. The summed E-state index contributed by atoms with van der Waals surface area (Å²) < 4.78 is 0. The predicted molar refractivity (Wildman–Crippen MR) is 180 cm³/mol. The quantitative estimate of drug-likeness (QED) is 0.194. The molecule has 42 heavy (non-hydrogen) atoms. The topological polar surface area (TPSA) is 0 Å². The molecular weight excluding hydrogens is 504 g/mol. The van der Waals surface area contributed by atoms with Crippen molar-refractivity contribution >= 4 is 43.1 Å². The van der Waals surface area contributed by atoms with E-state index in [2.05, 4.69) is 146 Å². The van der Waals surface area contributed by atoms with Gasteiger partial charge in [0.1, 0.15) is 0 Å². The fraction of sp³-hybridized carbons (Fsp3) is 0.0476. The van der Waals surface area contributed by atoms with Crippen LogP contribution in [0.5, 0.6) is 0 Å². The molecule has 0 N–H and O–H groups in total. The lowest BCUT2D eigenvalue weighted by Crippen LogP contribution is -2.05. The van der Waals surface area contributed by atoms with Crippen molar-refractivity contribution in [3.63, 3.8) is 0 Å². The van der Waals surface area contributed by atoms with Crippen molar-refractivity contribution in [1.29, 1.82) is 0 Å². The molecule has 0 saturated heterocycles. The Labute approximate surface area is 245 Å². The molecule has 0 aliphatic heterocycles. The predicted octanol–water partition coefficient (Wildman–Crippen LogP) is 11.4. The summed E-state index contributed by atoms with van der Waals surface area (Å²) in [6.45, 7) is 0. The molecule has 196 valence electrons. The number of aryl methyl sites for hydroxylation is 2. The highest BCUT2D eigenvalue weighted by Crippen LogP contribution is 2.48. The summed E-state index contributed by atoms with van der Waals surface area (Å²) in [6.07, 6.45) is 2.15. The zero-order valence-electron chi connectivity index (χ0n) is 23.3. The zero-order valence-corrected chi connectivity index (χ0v) is 23.3. The van der Waals surface area contributed by atoms with Crippen molar-refractivity contribution in [3.05, 3.63) is 157 Å². The molecule has 0 heteroatoms. The second kappa shape index (κ2) is 9.16. The molecule has 0 heterocycles. The largest absolute Gasteiger partial charge is 0.0620 e. The lowest BCUT2D eigenvalue weighted by molar-refractivity contribution is 0.945. The van der Waals surface area contributed by atoms with Gasteiger partial charge in [-0.05, 0) is 113 Å². The van der Waals surface area contributed by atoms with Crippen LogP contribution >= 0.6 is 0 Å². The van der Waals surface area contributed by atoms with Crippen molar-refractivity contribution in [2.75, 3.05) is 0 Å². The van der Waals surface area contributed by atoms with Crippen LogP contribution in [0, 0.1) is 0 Å². The van der Waals surface area contributed by atoms with Crippen LogP contribution in [0.25, 0.3) is 76.5 Å².